The molecule has 0 rings (SSSR count). The molecule has 2 nitrogen and oxygen atoms in total. The summed E-state index contributed by atoms with van der Waals surface area (Å²) >= 11 is 0. The van der Waals surface area contributed by atoms with Gasteiger partial charge in [-0.25, -0.2) is 4.89 Å². The molecule has 0 heterocycles. The van der Waals surface area contributed by atoms with Gasteiger partial charge in [0.15, 0.2) is 0 Å². The maximum absolute atomic E-state index is 8.48. The van der Waals surface area contributed by atoms with Crippen LogP contribution in [0.3, 0.4) is 0 Å². The Morgan fingerprint density at radius 1 is 1.23 bits per heavy atom. The van der Waals surface area contributed by atoms with Gasteiger partial charge >= 0.3 is 0 Å². The van der Waals surface area contributed by atoms with E-state index in [0.29, 0.717) is 0 Å². The van der Waals surface area contributed by atoms with Crippen molar-refractivity contribution in [2.45, 2.75) is 45.6 Å². The van der Waals surface area contributed by atoms with Crippen LogP contribution in [0.15, 0.2) is 24.3 Å². The molecule has 0 bridgehead atoms. The van der Waals surface area contributed by atoms with Crippen LogP contribution in [-0.4, -0.2) is 11.4 Å². The van der Waals surface area contributed by atoms with Crippen molar-refractivity contribution < 1.29 is 10.1 Å². The first kappa shape index (κ1) is 12.4. The normalized spacial score (nSPS) is 14.4. The highest BCUT2D eigenvalue weighted by molar-refractivity contribution is 5.04. The van der Waals surface area contributed by atoms with Crippen LogP contribution in [0.5, 0.6) is 0 Å². The summed E-state index contributed by atoms with van der Waals surface area (Å²) in [4.78, 5) is 4.28. The molecule has 0 spiro atoms. The van der Waals surface area contributed by atoms with Crippen molar-refractivity contribution in [3.8, 4) is 0 Å². The number of hydrogen-bond acceptors (Lipinski definition) is 2. The van der Waals surface area contributed by atoms with E-state index in [2.05, 4.69) is 24.8 Å². The zero-order valence-electron chi connectivity index (χ0n) is 8.57. The largest absolute Gasteiger partial charge is 0.251 e. The van der Waals surface area contributed by atoms with E-state index >= 15 is 0 Å². The van der Waals surface area contributed by atoms with Crippen molar-refractivity contribution in [2.24, 2.45) is 0 Å². The fraction of sp³-hybridized carbons (Fsp3) is 0.636. The molecule has 13 heavy (non-hydrogen) atoms. The molecule has 1 N–H and O–H groups in total. The lowest BCUT2D eigenvalue weighted by Crippen LogP contribution is -2.05. The highest BCUT2D eigenvalue weighted by atomic mass is 17.1. The Labute approximate surface area is 80.8 Å². The van der Waals surface area contributed by atoms with Gasteiger partial charge in [-0.1, -0.05) is 51.0 Å². The van der Waals surface area contributed by atoms with Crippen molar-refractivity contribution in [1.82, 2.24) is 0 Å². The smallest absolute Gasteiger partial charge is 0.111 e. The molecular formula is C11H20O2. The lowest BCUT2D eigenvalue weighted by atomic mass is 10.2. The van der Waals surface area contributed by atoms with Crippen LogP contribution in [0, 0.1) is 0 Å². The first-order chi connectivity index (χ1) is 6.35. The summed E-state index contributed by atoms with van der Waals surface area (Å²) in [6, 6.07) is 0. The second-order valence-electron chi connectivity index (χ2n) is 3.03. The Balaban J connectivity index is 3.65. The van der Waals surface area contributed by atoms with Gasteiger partial charge in [0.25, 0.3) is 0 Å². The fourth-order valence-corrected chi connectivity index (χ4v) is 0.998. The minimum atomic E-state index is -0.156. The quantitative estimate of drug-likeness (QED) is 0.372. The predicted octanol–water partition coefficient (Wildman–Crippen LogP) is 3.56. The van der Waals surface area contributed by atoms with E-state index in [1.165, 1.54) is 6.42 Å². The van der Waals surface area contributed by atoms with Crippen LogP contribution in [-0.2, 0) is 4.89 Å². The Bertz CT molecular complexity index is 150. The number of unbranched alkanes of at least 4 members (excludes halogenated alkanes) is 1. The first-order valence-electron chi connectivity index (χ1n) is 4.98. The summed E-state index contributed by atoms with van der Waals surface area (Å²) in [5.74, 6) is 0. The highest BCUT2D eigenvalue weighted by Gasteiger charge is 2.00. The monoisotopic (exact) mass is 184 g/mol. The van der Waals surface area contributed by atoms with Gasteiger partial charge in [-0.15, -0.1) is 0 Å². The Hall–Kier alpha value is -0.600. The third-order valence-corrected chi connectivity index (χ3v) is 1.74. The first-order valence-corrected chi connectivity index (χ1v) is 4.98. The SMILES string of the molecule is CCC/C=C\C=C\C(CCC)OO. The van der Waals surface area contributed by atoms with E-state index in [-0.39, 0.29) is 6.10 Å². The molecule has 0 saturated carbocycles. The minimum absolute atomic E-state index is 0.156. The molecular weight excluding hydrogens is 164 g/mol. The summed E-state index contributed by atoms with van der Waals surface area (Å²) in [5, 5.41) is 8.48. The number of rotatable bonds is 7. The zero-order valence-corrected chi connectivity index (χ0v) is 8.57. The van der Waals surface area contributed by atoms with E-state index in [9.17, 15) is 0 Å². The molecule has 0 aromatic rings. The molecule has 76 valence electrons. The second kappa shape index (κ2) is 9.49. The van der Waals surface area contributed by atoms with Gasteiger partial charge in [0.05, 0.1) is 0 Å². The maximum atomic E-state index is 8.48. The molecule has 2 heteroatoms. The number of hydrogen-bond donors (Lipinski definition) is 1. The second-order valence-corrected chi connectivity index (χ2v) is 3.03. The van der Waals surface area contributed by atoms with Crippen molar-refractivity contribution in [3.63, 3.8) is 0 Å². The summed E-state index contributed by atoms with van der Waals surface area (Å²) in [6.07, 6.45) is 11.9. The van der Waals surface area contributed by atoms with Crippen molar-refractivity contribution in [3.05, 3.63) is 24.3 Å². The minimum Gasteiger partial charge on any atom is -0.251 e. The van der Waals surface area contributed by atoms with Crippen LogP contribution in [0.4, 0.5) is 0 Å². The van der Waals surface area contributed by atoms with Crippen molar-refractivity contribution in [2.75, 3.05) is 0 Å². The standard InChI is InChI=1S/C11H20O2/c1-3-5-6-7-8-10-11(13-12)9-4-2/h6-8,10-12H,3-5,9H2,1-2H3/b7-6-,10-8+. The molecule has 1 unspecified atom stereocenters. The lowest BCUT2D eigenvalue weighted by Gasteiger charge is -2.04. The van der Waals surface area contributed by atoms with Gasteiger partial charge in [0, 0.05) is 0 Å². The van der Waals surface area contributed by atoms with Crippen LogP contribution in [0.2, 0.25) is 0 Å². The van der Waals surface area contributed by atoms with Gasteiger partial charge in [0.2, 0.25) is 0 Å². The molecule has 0 saturated heterocycles. The van der Waals surface area contributed by atoms with Gasteiger partial charge < -0.3 is 0 Å². The summed E-state index contributed by atoms with van der Waals surface area (Å²) in [6.45, 7) is 4.21. The molecule has 0 aromatic carbocycles. The van der Waals surface area contributed by atoms with Gasteiger partial charge in [-0.2, -0.15) is 0 Å². The Kier molecular flexibility index (Phi) is 9.05. The average Bonchev–Trinajstić information content (AvgIpc) is 2.16. The molecule has 0 aromatic heterocycles. The molecule has 0 amide bonds. The van der Waals surface area contributed by atoms with E-state index in [1.54, 1.807) is 0 Å². The highest BCUT2D eigenvalue weighted by Crippen LogP contribution is 2.02. The lowest BCUT2D eigenvalue weighted by molar-refractivity contribution is -0.266. The molecule has 0 fully saturated rings. The van der Waals surface area contributed by atoms with E-state index in [4.69, 9.17) is 5.26 Å². The van der Waals surface area contributed by atoms with Crippen LogP contribution in [0.25, 0.3) is 0 Å². The van der Waals surface area contributed by atoms with Crippen LogP contribution < -0.4 is 0 Å². The third-order valence-electron chi connectivity index (χ3n) is 1.74. The molecule has 0 aliphatic carbocycles. The maximum Gasteiger partial charge on any atom is 0.111 e. The third kappa shape index (κ3) is 7.75. The predicted molar refractivity (Wildman–Crippen MR) is 55.6 cm³/mol. The van der Waals surface area contributed by atoms with Crippen LogP contribution >= 0.6 is 0 Å². The Morgan fingerprint density at radius 2 is 2.00 bits per heavy atom. The molecule has 0 aliphatic rings. The summed E-state index contributed by atoms with van der Waals surface area (Å²) in [5.41, 5.74) is 0. The number of allylic oxidation sites excluding steroid dienone is 3. The van der Waals surface area contributed by atoms with Gasteiger partial charge in [0.1, 0.15) is 6.10 Å². The van der Waals surface area contributed by atoms with Crippen LogP contribution in [0.1, 0.15) is 39.5 Å². The summed E-state index contributed by atoms with van der Waals surface area (Å²) < 4.78 is 0. The average molecular weight is 184 g/mol. The van der Waals surface area contributed by atoms with Crippen molar-refractivity contribution >= 4 is 0 Å². The molecule has 1 atom stereocenters. The topological polar surface area (TPSA) is 29.5 Å². The van der Waals surface area contributed by atoms with E-state index in [0.717, 1.165) is 19.3 Å². The Morgan fingerprint density at radius 3 is 2.54 bits per heavy atom. The van der Waals surface area contributed by atoms with Crippen molar-refractivity contribution in [1.29, 1.82) is 0 Å². The van der Waals surface area contributed by atoms with E-state index < -0.39 is 0 Å². The fourth-order valence-electron chi connectivity index (χ4n) is 0.998. The molecule has 0 aliphatic heterocycles. The van der Waals surface area contributed by atoms with Gasteiger partial charge in [-0.05, 0) is 12.8 Å². The van der Waals surface area contributed by atoms with E-state index in [1.807, 2.05) is 18.2 Å². The zero-order chi connectivity index (χ0) is 9.94. The van der Waals surface area contributed by atoms with Gasteiger partial charge in [-0.3, -0.25) is 5.26 Å². The molecule has 0 radical (unpaired) electrons. The summed E-state index contributed by atoms with van der Waals surface area (Å²) in [7, 11) is 0.